The molecule has 1 aliphatic rings. The Morgan fingerprint density at radius 1 is 1.29 bits per heavy atom. The molecule has 0 radical (unpaired) electrons. The lowest BCUT2D eigenvalue weighted by molar-refractivity contribution is -0.130. The van der Waals surface area contributed by atoms with Crippen molar-refractivity contribution in [2.75, 3.05) is 39.1 Å². The van der Waals surface area contributed by atoms with Gasteiger partial charge in [-0.05, 0) is 30.2 Å². The molecule has 0 saturated heterocycles. The number of benzene rings is 1. The standard InChI is InChI=1S/C17H26N2O3S.ClH/c1-17(2,11-18)12-19(3)16(20)6-9-23-13-4-5-14-15(10-13)22-8-7-21-14;/h4-5,10H,6-9,11-12,18H2,1-3H3;1H. The Kier molecular flexibility index (Phi) is 8.19. The van der Waals surface area contributed by atoms with Crippen LogP contribution in [-0.4, -0.2) is 49.9 Å². The first kappa shape index (κ1) is 20.9. The minimum atomic E-state index is -0.0482. The number of hydrogen-bond acceptors (Lipinski definition) is 5. The maximum Gasteiger partial charge on any atom is 0.223 e. The van der Waals surface area contributed by atoms with E-state index in [0.29, 0.717) is 32.7 Å². The largest absolute Gasteiger partial charge is 0.486 e. The van der Waals surface area contributed by atoms with Gasteiger partial charge in [0.05, 0.1) is 0 Å². The quantitative estimate of drug-likeness (QED) is 0.743. The summed E-state index contributed by atoms with van der Waals surface area (Å²) in [6.07, 6.45) is 0.510. The first-order chi connectivity index (χ1) is 10.9. The van der Waals surface area contributed by atoms with Gasteiger partial charge in [0.2, 0.25) is 5.91 Å². The second-order valence-electron chi connectivity index (χ2n) is 6.52. The summed E-state index contributed by atoms with van der Waals surface area (Å²) in [6, 6.07) is 5.91. The number of fused-ring (bicyclic) bond motifs is 1. The van der Waals surface area contributed by atoms with E-state index in [0.717, 1.165) is 22.1 Å². The molecule has 136 valence electrons. The fraction of sp³-hybridized carbons (Fsp3) is 0.588. The fourth-order valence-corrected chi connectivity index (χ4v) is 3.22. The summed E-state index contributed by atoms with van der Waals surface area (Å²) in [5, 5.41) is 0. The normalized spacial score (nSPS) is 13.2. The molecular weight excluding hydrogens is 348 g/mol. The molecule has 0 fully saturated rings. The molecule has 0 atom stereocenters. The van der Waals surface area contributed by atoms with Crippen LogP contribution < -0.4 is 15.2 Å². The molecule has 2 N–H and O–H groups in total. The van der Waals surface area contributed by atoms with E-state index in [9.17, 15) is 4.79 Å². The summed E-state index contributed by atoms with van der Waals surface area (Å²) in [5.41, 5.74) is 5.67. The zero-order chi connectivity index (χ0) is 16.9. The average molecular weight is 375 g/mol. The summed E-state index contributed by atoms with van der Waals surface area (Å²) in [4.78, 5) is 15.1. The maximum absolute atomic E-state index is 12.2. The van der Waals surface area contributed by atoms with Crippen molar-refractivity contribution in [1.29, 1.82) is 0 Å². The smallest absolute Gasteiger partial charge is 0.223 e. The lowest BCUT2D eigenvalue weighted by atomic mass is 9.93. The van der Waals surface area contributed by atoms with Crippen molar-refractivity contribution in [3.8, 4) is 11.5 Å². The molecule has 0 spiro atoms. The van der Waals surface area contributed by atoms with Gasteiger partial charge in [-0.1, -0.05) is 13.8 Å². The van der Waals surface area contributed by atoms with E-state index in [1.807, 2.05) is 25.2 Å². The predicted molar refractivity (Wildman–Crippen MR) is 100 cm³/mol. The third kappa shape index (κ3) is 6.07. The van der Waals surface area contributed by atoms with Gasteiger partial charge in [0, 0.05) is 30.7 Å². The van der Waals surface area contributed by atoms with Crippen LogP contribution in [0.1, 0.15) is 20.3 Å². The highest BCUT2D eigenvalue weighted by molar-refractivity contribution is 7.99. The van der Waals surface area contributed by atoms with Crippen LogP contribution in [0.3, 0.4) is 0 Å². The second kappa shape index (κ2) is 9.39. The zero-order valence-electron chi connectivity index (χ0n) is 14.5. The summed E-state index contributed by atoms with van der Waals surface area (Å²) >= 11 is 1.65. The molecule has 1 aliphatic heterocycles. The third-order valence-corrected chi connectivity index (χ3v) is 4.74. The Hall–Kier alpha value is -1.11. The van der Waals surface area contributed by atoms with E-state index < -0.39 is 0 Å². The minimum Gasteiger partial charge on any atom is -0.486 e. The maximum atomic E-state index is 12.2. The Balaban J connectivity index is 0.00000288. The van der Waals surface area contributed by atoms with Crippen LogP contribution in [0.2, 0.25) is 0 Å². The summed E-state index contributed by atoms with van der Waals surface area (Å²) in [7, 11) is 1.84. The highest BCUT2D eigenvalue weighted by Gasteiger charge is 2.21. The molecule has 0 saturated carbocycles. The molecular formula is C17H27ClN2O3S. The van der Waals surface area contributed by atoms with Crippen molar-refractivity contribution < 1.29 is 14.3 Å². The zero-order valence-corrected chi connectivity index (χ0v) is 16.2. The molecule has 2 rings (SSSR count). The Morgan fingerprint density at radius 2 is 1.96 bits per heavy atom. The average Bonchev–Trinajstić information content (AvgIpc) is 2.54. The van der Waals surface area contributed by atoms with Gasteiger partial charge in [0.25, 0.3) is 0 Å². The Bertz CT molecular complexity index is 555. The molecule has 1 aromatic carbocycles. The van der Waals surface area contributed by atoms with Crippen LogP contribution in [0, 0.1) is 5.41 Å². The third-order valence-electron chi connectivity index (χ3n) is 3.74. The molecule has 1 amide bonds. The highest BCUT2D eigenvalue weighted by atomic mass is 35.5. The Morgan fingerprint density at radius 3 is 2.62 bits per heavy atom. The highest BCUT2D eigenvalue weighted by Crippen LogP contribution is 2.34. The summed E-state index contributed by atoms with van der Waals surface area (Å²) < 4.78 is 11.1. The van der Waals surface area contributed by atoms with Gasteiger partial charge >= 0.3 is 0 Å². The van der Waals surface area contributed by atoms with Gasteiger partial charge in [-0.2, -0.15) is 0 Å². The number of halogens is 1. The van der Waals surface area contributed by atoms with Crippen molar-refractivity contribution in [2.24, 2.45) is 11.1 Å². The predicted octanol–water partition coefficient (Wildman–Crippen LogP) is 2.81. The fourth-order valence-electron chi connectivity index (χ4n) is 2.36. The van der Waals surface area contributed by atoms with Crippen molar-refractivity contribution in [2.45, 2.75) is 25.2 Å². The van der Waals surface area contributed by atoms with Crippen LogP contribution in [0.25, 0.3) is 0 Å². The van der Waals surface area contributed by atoms with E-state index in [2.05, 4.69) is 13.8 Å². The number of nitrogens with zero attached hydrogens (tertiary/aromatic N) is 1. The summed E-state index contributed by atoms with van der Waals surface area (Å²) in [6.45, 7) is 6.57. The van der Waals surface area contributed by atoms with Crippen molar-refractivity contribution in [3.05, 3.63) is 18.2 Å². The second-order valence-corrected chi connectivity index (χ2v) is 7.69. The van der Waals surface area contributed by atoms with E-state index >= 15 is 0 Å². The molecule has 0 bridgehead atoms. The SMILES string of the molecule is CN(CC(C)(C)CN)C(=O)CCSc1ccc2c(c1)OCCO2.Cl. The van der Waals surface area contributed by atoms with E-state index in [-0.39, 0.29) is 23.7 Å². The number of thioether (sulfide) groups is 1. The van der Waals surface area contributed by atoms with Crippen molar-refractivity contribution in [3.63, 3.8) is 0 Å². The van der Waals surface area contributed by atoms with Gasteiger partial charge < -0.3 is 20.1 Å². The molecule has 0 aliphatic carbocycles. The molecule has 0 unspecified atom stereocenters. The molecule has 24 heavy (non-hydrogen) atoms. The van der Waals surface area contributed by atoms with Crippen LogP contribution in [0.15, 0.2) is 23.1 Å². The van der Waals surface area contributed by atoms with Gasteiger partial charge in [-0.15, -0.1) is 24.2 Å². The van der Waals surface area contributed by atoms with E-state index in [1.165, 1.54) is 0 Å². The minimum absolute atomic E-state index is 0. The number of carbonyl (C=O) groups is 1. The number of nitrogens with two attached hydrogens (primary N) is 1. The topological polar surface area (TPSA) is 64.8 Å². The molecule has 0 aromatic heterocycles. The number of rotatable bonds is 7. The summed E-state index contributed by atoms with van der Waals surface area (Å²) in [5.74, 6) is 2.47. The molecule has 1 heterocycles. The number of ether oxygens (including phenoxy) is 2. The van der Waals surface area contributed by atoms with Gasteiger partial charge in [-0.25, -0.2) is 0 Å². The molecule has 7 heteroatoms. The van der Waals surface area contributed by atoms with Gasteiger partial charge in [0.1, 0.15) is 13.2 Å². The van der Waals surface area contributed by atoms with Gasteiger partial charge in [-0.3, -0.25) is 4.79 Å². The molecule has 1 aromatic rings. The van der Waals surface area contributed by atoms with Gasteiger partial charge in [0.15, 0.2) is 11.5 Å². The number of hydrogen-bond donors (Lipinski definition) is 1. The van der Waals surface area contributed by atoms with Crippen LogP contribution in [0.4, 0.5) is 0 Å². The van der Waals surface area contributed by atoms with Crippen LogP contribution >= 0.6 is 24.2 Å². The first-order valence-corrected chi connectivity index (χ1v) is 8.86. The van der Waals surface area contributed by atoms with Crippen molar-refractivity contribution in [1.82, 2.24) is 4.90 Å². The number of amides is 1. The van der Waals surface area contributed by atoms with Crippen molar-refractivity contribution >= 4 is 30.1 Å². The van der Waals surface area contributed by atoms with Crippen LogP contribution in [-0.2, 0) is 4.79 Å². The Labute approximate surface area is 154 Å². The van der Waals surface area contributed by atoms with Crippen LogP contribution in [0.5, 0.6) is 11.5 Å². The lowest BCUT2D eigenvalue weighted by Gasteiger charge is -2.29. The monoisotopic (exact) mass is 374 g/mol. The molecule has 5 nitrogen and oxygen atoms in total. The first-order valence-electron chi connectivity index (χ1n) is 7.88. The lowest BCUT2D eigenvalue weighted by Crippen LogP contribution is -2.39. The number of carbonyl (C=O) groups excluding carboxylic acids is 1. The van der Waals surface area contributed by atoms with E-state index in [1.54, 1.807) is 16.7 Å². The van der Waals surface area contributed by atoms with E-state index in [4.69, 9.17) is 15.2 Å².